The molecule has 1 aromatic heterocycles. The number of hydrogen-bond acceptors (Lipinski definition) is 5. The van der Waals surface area contributed by atoms with Gasteiger partial charge >= 0.3 is 6.09 Å². The molecule has 1 aromatic rings. The number of carboxylic acid groups (broad SMARTS) is 1. The summed E-state index contributed by atoms with van der Waals surface area (Å²) in [6, 6.07) is 2.33. The number of amides is 1. The van der Waals surface area contributed by atoms with Crippen LogP contribution in [-0.2, 0) is 9.84 Å². The van der Waals surface area contributed by atoms with Gasteiger partial charge in [-0.1, -0.05) is 0 Å². The topological polar surface area (TPSA) is 99.6 Å². The fraction of sp³-hybridized carbons (Fsp3) is 0.455. The third-order valence-corrected chi connectivity index (χ3v) is 4.54. The number of carbonyl (C=O) groups is 1. The van der Waals surface area contributed by atoms with E-state index in [1.807, 2.05) is 0 Å². The van der Waals surface area contributed by atoms with Gasteiger partial charge in [0.1, 0.15) is 4.60 Å². The summed E-state index contributed by atoms with van der Waals surface area (Å²) in [5.41, 5.74) is 0.411. The number of rotatable bonds is 2. The van der Waals surface area contributed by atoms with Crippen molar-refractivity contribution in [1.82, 2.24) is 15.2 Å². The second-order valence-electron chi connectivity index (χ2n) is 4.52. The number of aromatic nitrogens is 1. The number of piperazine rings is 1. The Bertz CT molecular complexity index is 635. The first-order chi connectivity index (χ1) is 9.29. The van der Waals surface area contributed by atoms with Gasteiger partial charge in [0.05, 0.1) is 16.6 Å². The summed E-state index contributed by atoms with van der Waals surface area (Å²) in [4.78, 5) is 16.8. The molecule has 1 fully saturated rings. The Morgan fingerprint density at radius 3 is 2.85 bits per heavy atom. The predicted molar refractivity (Wildman–Crippen MR) is 75.4 cm³/mol. The van der Waals surface area contributed by atoms with E-state index in [2.05, 4.69) is 26.2 Å². The third-order valence-electron chi connectivity index (χ3n) is 3.05. The highest BCUT2D eigenvalue weighted by Gasteiger charge is 2.29. The summed E-state index contributed by atoms with van der Waals surface area (Å²) < 4.78 is 23.6. The fourth-order valence-corrected chi connectivity index (χ4v) is 3.34. The SMILES string of the molecule is CS(=O)(=O)c1cc(Br)nc(C2CNCCN2C(=O)O)c1. The number of nitrogens with zero attached hydrogens (tertiary/aromatic N) is 2. The highest BCUT2D eigenvalue weighted by Crippen LogP contribution is 2.25. The molecule has 2 N–H and O–H groups in total. The van der Waals surface area contributed by atoms with E-state index in [1.165, 1.54) is 17.0 Å². The molecular weight excluding hydrogens is 350 g/mol. The Hall–Kier alpha value is -1.19. The fourth-order valence-electron chi connectivity index (χ4n) is 2.07. The number of pyridine rings is 1. The molecule has 1 unspecified atom stereocenters. The zero-order valence-electron chi connectivity index (χ0n) is 10.7. The van der Waals surface area contributed by atoms with E-state index in [-0.39, 0.29) is 4.90 Å². The second kappa shape index (κ2) is 5.66. The maximum absolute atomic E-state index is 11.6. The summed E-state index contributed by atoms with van der Waals surface area (Å²) in [5.74, 6) is 0. The van der Waals surface area contributed by atoms with Crippen molar-refractivity contribution in [1.29, 1.82) is 0 Å². The summed E-state index contributed by atoms with van der Waals surface area (Å²) in [6.07, 6.45) is 0.0614. The summed E-state index contributed by atoms with van der Waals surface area (Å²) in [5, 5.41) is 12.3. The third kappa shape index (κ3) is 3.28. The van der Waals surface area contributed by atoms with Crippen LogP contribution in [0.25, 0.3) is 0 Å². The van der Waals surface area contributed by atoms with Gasteiger partial charge in [0.25, 0.3) is 0 Å². The maximum atomic E-state index is 11.6. The molecule has 110 valence electrons. The smallest absolute Gasteiger partial charge is 0.407 e. The van der Waals surface area contributed by atoms with Crippen LogP contribution in [0.3, 0.4) is 0 Å². The van der Waals surface area contributed by atoms with Crippen molar-refractivity contribution in [3.63, 3.8) is 0 Å². The molecule has 20 heavy (non-hydrogen) atoms. The molecule has 0 aliphatic carbocycles. The molecule has 0 aromatic carbocycles. The van der Waals surface area contributed by atoms with Crippen LogP contribution in [0.15, 0.2) is 21.6 Å². The summed E-state index contributed by atoms with van der Waals surface area (Å²) >= 11 is 3.17. The first-order valence-electron chi connectivity index (χ1n) is 5.87. The number of hydrogen-bond donors (Lipinski definition) is 2. The monoisotopic (exact) mass is 363 g/mol. The van der Waals surface area contributed by atoms with Gasteiger partial charge < -0.3 is 10.4 Å². The molecule has 7 nitrogen and oxygen atoms in total. The zero-order chi connectivity index (χ0) is 14.9. The minimum atomic E-state index is -3.38. The van der Waals surface area contributed by atoms with Gasteiger partial charge in [-0.25, -0.2) is 18.2 Å². The van der Waals surface area contributed by atoms with Gasteiger partial charge in [0, 0.05) is 25.9 Å². The molecule has 1 amide bonds. The van der Waals surface area contributed by atoms with E-state index in [0.717, 1.165) is 6.26 Å². The Balaban J connectivity index is 2.45. The minimum absolute atomic E-state index is 0.116. The number of sulfone groups is 1. The van der Waals surface area contributed by atoms with Crippen molar-refractivity contribution >= 4 is 31.9 Å². The van der Waals surface area contributed by atoms with Gasteiger partial charge in [-0.05, 0) is 28.1 Å². The Kier molecular flexibility index (Phi) is 4.31. The van der Waals surface area contributed by atoms with Crippen molar-refractivity contribution in [3.8, 4) is 0 Å². The van der Waals surface area contributed by atoms with Crippen LogP contribution in [0.4, 0.5) is 4.79 Å². The van der Waals surface area contributed by atoms with Crippen LogP contribution in [0.5, 0.6) is 0 Å². The van der Waals surface area contributed by atoms with Gasteiger partial charge in [0.15, 0.2) is 9.84 Å². The molecule has 1 atom stereocenters. The quantitative estimate of drug-likeness (QED) is 0.756. The molecule has 0 saturated carbocycles. The highest BCUT2D eigenvalue weighted by atomic mass is 79.9. The average Bonchev–Trinajstić information content (AvgIpc) is 2.37. The van der Waals surface area contributed by atoms with Gasteiger partial charge in [-0.15, -0.1) is 0 Å². The standard InChI is InChI=1S/C11H14BrN3O4S/c1-20(18,19)7-4-8(14-10(12)5-7)9-6-13-2-3-15(9)11(16)17/h4-5,9,13H,2-3,6H2,1H3,(H,16,17). The molecule has 0 bridgehead atoms. The molecule has 0 spiro atoms. The van der Waals surface area contributed by atoms with Gasteiger partial charge in [0.2, 0.25) is 0 Å². The lowest BCUT2D eigenvalue weighted by Crippen LogP contribution is -2.48. The first kappa shape index (κ1) is 15.2. The van der Waals surface area contributed by atoms with E-state index < -0.39 is 22.0 Å². The molecular formula is C11H14BrN3O4S. The molecule has 1 saturated heterocycles. The van der Waals surface area contributed by atoms with Gasteiger partial charge in [-0.3, -0.25) is 4.90 Å². The highest BCUT2D eigenvalue weighted by molar-refractivity contribution is 9.10. The zero-order valence-corrected chi connectivity index (χ0v) is 13.1. The van der Waals surface area contributed by atoms with Crippen LogP contribution in [0.1, 0.15) is 11.7 Å². The summed E-state index contributed by atoms with van der Waals surface area (Å²) in [7, 11) is -3.38. The minimum Gasteiger partial charge on any atom is -0.465 e. The first-order valence-corrected chi connectivity index (χ1v) is 8.55. The van der Waals surface area contributed by atoms with Crippen molar-refractivity contribution in [3.05, 3.63) is 22.4 Å². The van der Waals surface area contributed by atoms with Crippen molar-refractivity contribution in [2.24, 2.45) is 0 Å². The second-order valence-corrected chi connectivity index (χ2v) is 7.35. The molecule has 2 heterocycles. The van der Waals surface area contributed by atoms with E-state index in [0.29, 0.717) is 29.9 Å². The Labute approximate surface area is 125 Å². The lowest BCUT2D eigenvalue weighted by Gasteiger charge is -2.33. The molecule has 1 aliphatic heterocycles. The van der Waals surface area contributed by atoms with Crippen LogP contribution in [-0.4, -0.2) is 55.4 Å². The molecule has 0 radical (unpaired) electrons. The number of nitrogens with one attached hydrogen (secondary N) is 1. The van der Waals surface area contributed by atoms with Crippen molar-refractivity contribution in [2.75, 3.05) is 25.9 Å². The summed E-state index contributed by atoms with van der Waals surface area (Å²) in [6.45, 7) is 1.30. The van der Waals surface area contributed by atoms with Crippen LogP contribution in [0.2, 0.25) is 0 Å². The Morgan fingerprint density at radius 2 is 2.25 bits per heavy atom. The van der Waals surface area contributed by atoms with Crippen molar-refractivity contribution < 1.29 is 18.3 Å². The predicted octanol–water partition coefficient (Wildman–Crippen LogP) is 0.872. The van der Waals surface area contributed by atoms with E-state index in [1.54, 1.807) is 0 Å². The molecule has 9 heteroatoms. The number of halogens is 1. The lowest BCUT2D eigenvalue weighted by atomic mass is 10.1. The average molecular weight is 364 g/mol. The normalized spacial score (nSPS) is 19.9. The van der Waals surface area contributed by atoms with Crippen molar-refractivity contribution in [2.45, 2.75) is 10.9 Å². The maximum Gasteiger partial charge on any atom is 0.407 e. The van der Waals surface area contributed by atoms with Crippen LogP contribution < -0.4 is 5.32 Å². The largest absolute Gasteiger partial charge is 0.465 e. The Morgan fingerprint density at radius 1 is 1.55 bits per heavy atom. The van der Waals surface area contributed by atoms with Gasteiger partial charge in [-0.2, -0.15) is 0 Å². The van der Waals surface area contributed by atoms with Crippen LogP contribution >= 0.6 is 15.9 Å². The lowest BCUT2D eigenvalue weighted by molar-refractivity contribution is 0.111. The van der Waals surface area contributed by atoms with E-state index in [4.69, 9.17) is 0 Å². The molecule has 2 rings (SSSR count). The molecule has 1 aliphatic rings. The van der Waals surface area contributed by atoms with E-state index >= 15 is 0 Å². The van der Waals surface area contributed by atoms with Crippen LogP contribution in [0, 0.1) is 0 Å². The van der Waals surface area contributed by atoms with E-state index in [9.17, 15) is 18.3 Å².